The van der Waals surface area contributed by atoms with E-state index in [0.29, 0.717) is 6.42 Å². The summed E-state index contributed by atoms with van der Waals surface area (Å²) in [6.45, 7) is 0.919. The predicted octanol–water partition coefficient (Wildman–Crippen LogP) is 3.12. The Morgan fingerprint density at radius 3 is 2.95 bits per heavy atom. The molecular formula is C15H24O3S2. The molecule has 0 bridgehead atoms. The molecule has 2 unspecified atom stereocenters. The van der Waals surface area contributed by atoms with Crippen LogP contribution in [0.25, 0.3) is 0 Å². The van der Waals surface area contributed by atoms with E-state index in [-0.39, 0.29) is 17.0 Å². The third kappa shape index (κ3) is 3.47. The zero-order valence-corrected chi connectivity index (χ0v) is 13.8. The van der Waals surface area contributed by atoms with Crippen LogP contribution in [0.5, 0.6) is 0 Å². The molecule has 114 valence electrons. The van der Waals surface area contributed by atoms with Crippen molar-refractivity contribution in [2.45, 2.75) is 49.4 Å². The second-order valence-electron chi connectivity index (χ2n) is 6.51. The smallest absolute Gasteiger partial charge is 0.306 e. The van der Waals surface area contributed by atoms with Crippen LogP contribution in [0.2, 0.25) is 0 Å². The van der Waals surface area contributed by atoms with E-state index in [2.05, 4.69) is 11.8 Å². The highest BCUT2D eigenvalue weighted by Crippen LogP contribution is 2.53. The Morgan fingerprint density at radius 2 is 2.30 bits per heavy atom. The van der Waals surface area contributed by atoms with Gasteiger partial charge in [-0.15, -0.1) is 0 Å². The Bertz CT molecular complexity index is 362. The number of hydrogen-bond acceptors (Lipinski definition) is 5. The van der Waals surface area contributed by atoms with E-state index < -0.39 is 0 Å². The van der Waals surface area contributed by atoms with Gasteiger partial charge in [0.15, 0.2) is 0 Å². The molecule has 3 fully saturated rings. The predicted molar refractivity (Wildman–Crippen MR) is 84.4 cm³/mol. The van der Waals surface area contributed by atoms with Gasteiger partial charge in [0.1, 0.15) is 0 Å². The Labute approximate surface area is 129 Å². The summed E-state index contributed by atoms with van der Waals surface area (Å²) in [5.74, 6) is 3.51. The van der Waals surface area contributed by atoms with Gasteiger partial charge in [0, 0.05) is 17.6 Å². The molecule has 1 aliphatic carbocycles. The molecule has 0 radical (unpaired) electrons. The summed E-state index contributed by atoms with van der Waals surface area (Å²) in [5, 5.41) is 0.720. The van der Waals surface area contributed by atoms with Crippen LogP contribution in [0.4, 0.5) is 0 Å². The Hall–Kier alpha value is 0.130. The minimum atomic E-state index is -0.0428. The summed E-state index contributed by atoms with van der Waals surface area (Å²) in [6, 6.07) is 0. The lowest BCUT2D eigenvalue weighted by Crippen LogP contribution is -2.41. The molecule has 2 heterocycles. The topological polar surface area (TPSA) is 35.5 Å². The molecule has 0 aromatic carbocycles. The lowest BCUT2D eigenvalue weighted by molar-refractivity contribution is -0.141. The lowest BCUT2D eigenvalue weighted by Gasteiger charge is -2.37. The maximum Gasteiger partial charge on any atom is 0.306 e. The summed E-state index contributed by atoms with van der Waals surface area (Å²) >= 11 is 4.12. The van der Waals surface area contributed by atoms with Gasteiger partial charge in [0.05, 0.1) is 19.1 Å². The van der Waals surface area contributed by atoms with Gasteiger partial charge in [0.2, 0.25) is 0 Å². The summed E-state index contributed by atoms with van der Waals surface area (Å²) in [4.78, 5) is 11.5. The molecule has 0 aromatic rings. The van der Waals surface area contributed by atoms with E-state index in [4.69, 9.17) is 9.47 Å². The molecule has 0 aromatic heterocycles. The van der Waals surface area contributed by atoms with Crippen molar-refractivity contribution in [2.24, 2.45) is 5.41 Å². The minimum absolute atomic E-state index is 0.0428. The van der Waals surface area contributed by atoms with Crippen molar-refractivity contribution in [2.75, 3.05) is 31.0 Å². The zero-order valence-electron chi connectivity index (χ0n) is 12.2. The molecule has 3 rings (SSSR count). The third-order valence-corrected chi connectivity index (χ3v) is 7.72. The molecule has 5 heteroatoms. The number of hydrogen-bond donors (Lipinski definition) is 0. The van der Waals surface area contributed by atoms with Crippen molar-refractivity contribution in [3.8, 4) is 0 Å². The van der Waals surface area contributed by atoms with E-state index in [1.54, 1.807) is 0 Å². The molecule has 0 N–H and O–H groups in total. The number of ether oxygens (including phenoxy) is 2. The largest absolute Gasteiger partial charge is 0.469 e. The summed E-state index contributed by atoms with van der Waals surface area (Å²) in [6.07, 6.45) is 6.60. The highest BCUT2D eigenvalue weighted by Gasteiger charge is 2.46. The zero-order chi connectivity index (χ0) is 14.1. The van der Waals surface area contributed by atoms with Crippen molar-refractivity contribution in [1.29, 1.82) is 0 Å². The second kappa shape index (κ2) is 6.09. The van der Waals surface area contributed by atoms with Crippen LogP contribution in [0.1, 0.15) is 38.5 Å². The van der Waals surface area contributed by atoms with Crippen LogP contribution in [-0.2, 0) is 14.3 Å². The lowest BCUT2D eigenvalue weighted by atomic mass is 9.93. The van der Waals surface area contributed by atoms with Gasteiger partial charge < -0.3 is 9.47 Å². The first-order valence-corrected chi connectivity index (χ1v) is 9.76. The standard InChI is InChI=1S/C15H24O3S2/c1-17-13(16)9-14(3-4-14)10-20-12-2-6-18-15(8-12)5-7-19-11-15/h12H,2-11H2,1H3. The van der Waals surface area contributed by atoms with E-state index in [1.165, 1.54) is 50.7 Å². The van der Waals surface area contributed by atoms with Crippen LogP contribution < -0.4 is 0 Å². The van der Waals surface area contributed by atoms with Crippen LogP contribution in [0, 0.1) is 5.41 Å². The first-order chi connectivity index (χ1) is 9.65. The van der Waals surface area contributed by atoms with E-state index >= 15 is 0 Å². The van der Waals surface area contributed by atoms with Crippen molar-refractivity contribution in [3.05, 3.63) is 0 Å². The number of methoxy groups -OCH3 is 1. The van der Waals surface area contributed by atoms with Gasteiger partial charge in [-0.3, -0.25) is 4.79 Å². The number of thioether (sulfide) groups is 2. The molecule has 0 amide bonds. The highest BCUT2D eigenvalue weighted by atomic mass is 32.2. The number of carbonyl (C=O) groups excluding carboxylic acids is 1. The average molecular weight is 316 g/mol. The van der Waals surface area contributed by atoms with Gasteiger partial charge in [-0.25, -0.2) is 0 Å². The fourth-order valence-corrected chi connectivity index (χ4v) is 6.25. The molecule has 1 spiro atoms. The quantitative estimate of drug-likeness (QED) is 0.728. The summed E-state index contributed by atoms with van der Waals surface area (Å²) < 4.78 is 10.9. The molecule has 2 atom stereocenters. The van der Waals surface area contributed by atoms with Gasteiger partial charge in [-0.05, 0) is 49.0 Å². The number of carbonyl (C=O) groups is 1. The first-order valence-electron chi connectivity index (χ1n) is 7.56. The van der Waals surface area contributed by atoms with Gasteiger partial charge in [0.25, 0.3) is 0 Å². The van der Waals surface area contributed by atoms with E-state index in [0.717, 1.165) is 17.6 Å². The number of rotatable bonds is 5. The Balaban J connectivity index is 1.47. The van der Waals surface area contributed by atoms with Crippen LogP contribution in [0.3, 0.4) is 0 Å². The van der Waals surface area contributed by atoms with Gasteiger partial charge in [-0.2, -0.15) is 23.5 Å². The van der Waals surface area contributed by atoms with Crippen LogP contribution in [0.15, 0.2) is 0 Å². The normalized spacial score (nSPS) is 35.1. The monoisotopic (exact) mass is 316 g/mol. The molecule has 3 nitrogen and oxygen atoms in total. The maximum absolute atomic E-state index is 11.5. The minimum Gasteiger partial charge on any atom is -0.469 e. The molecule has 2 aliphatic heterocycles. The summed E-state index contributed by atoms with van der Waals surface area (Å²) in [7, 11) is 1.49. The van der Waals surface area contributed by atoms with Crippen molar-refractivity contribution >= 4 is 29.5 Å². The first kappa shape index (κ1) is 15.0. The fourth-order valence-electron chi connectivity index (χ4n) is 3.21. The van der Waals surface area contributed by atoms with E-state index in [1.807, 2.05) is 11.8 Å². The fraction of sp³-hybridized carbons (Fsp3) is 0.933. The summed E-state index contributed by atoms with van der Waals surface area (Å²) in [5.41, 5.74) is 0.438. The molecule has 3 aliphatic rings. The van der Waals surface area contributed by atoms with Crippen molar-refractivity contribution in [3.63, 3.8) is 0 Å². The third-order valence-electron chi connectivity index (χ3n) is 4.84. The van der Waals surface area contributed by atoms with Crippen LogP contribution in [-0.4, -0.2) is 47.8 Å². The maximum atomic E-state index is 11.5. The SMILES string of the molecule is COC(=O)CC1(CSC2CCOC3(CCSC3)C2)CC1. The molecule has 2 saturated heterocycles. The Kier molecular flexibility index (Phi) is 4.58. The second-order valence-corrected chi connectivity index (χ2v) is 8.91. The van der Waals surface area contributed by atoms with Gasteiger partial charge in [-0.1, -0.05) is 0 Å². The van der Waals surface area contributed by atoms with Crippen LogP contribution >= 0.6 is 23.5 Å². The molecular weight excluding hydrogens is 292 g/mol. The van der Waals surface area contributed by atoms with E-state index in [9.17, 15) is 4.79 Å². The molecule has 20 heavy (non-hydrogen) atoms. The highest BCUT2D eigenvalue weighted by molar-refractivity contribution is 8.00. The van der Waals surface area contributed by atoms with Crippen molar-refractivity contribution in [1.82, 2.24) is 0 Å². The molecule has 1 saturated carbocycles. The van der Waals surface area contributed by atoms with Crippen molar-refractivity contribution < 1.29 is 14.3 Å². The Morgan fingerprint density at radius 1 is 1.45 bits per heavy atom. The number of esters is 1. The van der Waals surface area contributed by atoms with Gasteiger partial charge >= 0.3 is 5.97 Å². The average Bonchev–Trinajstić information content (AvgIpc) is 3.09.